The fourth-order valence-electron chi connectivity index (χ4n) is 6.75. The van der Waals surface area contributed by atoms with Gasteiger partial charge in [0.05, 0.1) is 12.0 Å². The summed E-state index contributed by atoms with van der Waals surface area (Å²) in [5.74, 6) is 3.20. The van der Waals surface area contributed by atoms with Gasteiger partial charge in [-0.1, -0.05) is 316 Å². The number of nitro benzene ring substituents is 1. The summed E-state index contributed by atoms with van der Waals surface area (Å²) in [6, 6.07) is 33.4. The Morgan fingerprint density at radius 2 is 0.756 bits per heavy atom. The van der Waals surface area contributed by atoms with Crippen molar-refractivity contribution >= 4 is 26.1 Å². The zero-order valence-electron chi connectivity index (χ0n) is 61.7. The van der Waals surface area contributed by atoms with Gasteiger partial charge in [0, 0.05) is 150 Å². The zero-order valence-corrected chi connectivity index (χ0v) is 80.1. The van der Waals surface area contributed by atoms with Crippen LogP contribution in [-0.4, -0.2) is 20.8 Å². The van der Waals surface area contributed by atoms with Crippen molar-refractivity contribution in [3.05, 3.63) is 147 Å². The standard InChI is InChI=1S/C10H14O.C9H11Cl.C9H11NO2.C9H12.C8H16.C7H14.C7H16.C6H14.C5H12.C3H9Si.C3H7.4U/c1-8(2)9-4-6-10(11-3)7-5-9;1-7(2)8-3-5-9(10)6-4-8;1-7(2)8-3-5-9(6-4-8)10(11)12;1-8(2)9-6-4-3-5-7-9;1-8(2)6-4-3-5-7-8;1-7(2)5-3-4-6-7;1-5-7(3,4)6-2;1-5-6(2,3)4;1-5(2,3)4;1-4(2)3;1-3-2;;;;/h4-8H,1-3H3;3-7H,1-2H3;3-7H,1-2H3;3-8H,1-2H3;3-7H2,1-2H3;3-6H2,1-2H3;5-6H2,1-4H3;5H2,1-4H3;1-4H3;1-3H3;3H,1-2H3;;;;/q;;;;;;;;;;-1;;;;. The number of ether oxygens (including phenoxy) is 1. The molecule has 10 heteroatoms. The molecule has 2 fully saturated rings. The summed E-state index contributed by atoms with van der Waals surface area (Å²) in [5, 5.41) is 11.1. The molecule has 6 rings (SSSR count). The van der Waals surface area contributed by atoms with Crippen LogP contribution in [0.2, 0.25) is 24.7 Å². The zero-order chi connectivity index (χ0) is 64.9. The second-order valence-corrected chi connectivity index (χ2v) is 32.6. The van der Waals surface area contributed by atoms with Crippen molar-refractivity contribution in [3.8, 4) is 5.75 Å². The molecule has 491 valence electrons. The minimum atomic E-state index is -0.385. The van der Waals surface area contributed by atoms with Gasteiger partial charge in [-0.25, -0.2) is 0 Å². The maximum absolute atomic E-state index is 10.3. The largest absolute Gasteiger partial charge is 0.497 e. The molecule has 4 aromatic carbocycles. The van der Waals surface area contributed by atoms with Crippen molar-refractivity contribution in [2.24, 2.45) is 27.1 Å². The minimum Gasteiger partial charge on any atom is -0.497 e. The van der Waals surface area contributed by atoms with Crippen LogP contribution in [-0.2, 0) is 0 Å². The van der Waals surface area contributed by atoms with E-state index in [4.69, 9.17) is 16.3 Å². The third kappa shape index (κ3) is 75.5. The first-order valence-corrected chi connectivity index (χ1v) is 35.2. The fraction of sp³-hybridized carbons (Fsp3) is 0.671. The summed E-state index contributed by atoms with van der Waals surface area (Å²) >= 11 is 5.72. The number of hydrogen-bond acceptors (Lipinski definition) is 3. The first-order chi connectivity index (χ1) is 37.6. The summed E-state index contributed by atoms with van der Waals surface area (Å²) in [6.07, 6.45) is 19.0. The average molecular weight is 2130 g/mol. The Morgan fingerprint density at radius 3 is 0.930 bits per heavy atom. The van der Waals surface area contributed by atoms with E-state index in [1.165, 1.54) is 106 Å². The quantitative estimate of drug-likeness (QED) is 0.0765. The van der Waals surface area contributed by atoms with Crippen LogP contribution in [0.4, 0.5) is 5.69 Å². The van der Waals surface area contributed by atoms with Crippen molar-refractivity contribution < 1.29 is 134 Å². The molecule has 86 heavy (non-hydrogen) atoms. The van der Waals surface area contributed by atoms with Crippen molar-refractivity contribution in [2.45, 2.75) is 300 Å². The SMILES string of the molecule is CC(C)(C)C.CC(C)c1ccc(Cl)cc1.CC(C)c1ccc([N+](=O)[O-])cc1.CC(C)c1ccccc1.CC1(C)CCCC1.CC1(C)CCCCC1.CCC(C)(C)C.CCC(C)(C)CC.COc1ccc(C(C)C)cc1.C[CH-]C.C[Si](C)C.[U].[U].[U].[U]. The molecule has 0 heterocycles. The molecule has 0 aliphatic heterocycles. The third-order valence-corrected chi connectivity index (χ3v) is 13.9. The van der Waals surface area contributed by atoms with Crippen molar-refractivity contribution in [3.63, 3.8) is 0 Å². The molecule has 2 aliphatic carbocycles. The summed E-state index contributed by atoms with van der Waals surface area (Å²) in [5.41, 5.74) is 8.38. The van der Waals surface area contributed by atoms with Gasteiger partial charge in [0.1, 0.15) is 5.75 Å². The Morgan fingerprint density at radius 1 is 0.512 bits per heavy atom. The normalized spacial score (nSPS) is 13.0. The smallest absolute Gasteiger partial charge is 0.269 e. The van der Waals surface area contributed by atoms with Gasteiger partial charge < -0.3 is 11.2 Å². The Labute approximate surface area is 639 Å². The summed E-state index contributed by atoms with van der Waals surface area (Å²) in [7, 11) is 1.81. The van der Waals surface area contributed by atoms with Gasteiger partial charge in [0.2, 0.25) is 0 Å². The molecule has 0 amide bonds. The van der Waals surface area contributed by atoms with E-state index in [0.717, 1.165) is 16.3 Å². The molecule has 1 radical (unpaired) electrons. The number of halogens is 1. The van der Waals surface area contributed by atoms with Gasteiger partial charge in [-0.3, -0.25) is 10.1 Å². The fourth-order valence-corrected chi connectivity index (χ4v) is 6.87. The van der Waals surface area contributed by atoms with Gasteiger partial charge >= 0.3 is 0 Å². The van der Waals surface area contributed by atoms with Crippen LogP contribution < -0.4 is 4.74 Å². The van der Waals surface area contributed by atoms with Gasteiger partial charge in [0.15, 0.2) is 0 Å². The average Bonchev–Trinajstić information content (AvgIpc) is 3.80. The molecule has 4 nitrogen and oxygen atoms in total. The summed E-state index contributed by atoms with van der Waals surface area (Å²) < 4.78 is 5.05. The Bertz CT molecular complexity index is 2010. The monoisotopic (exact) mass is 2130 g/mol. The second-order valence-electron chi connectivity index (χ2n) is 29.2. The van der Waals surface area contributed by atoms with E-state index < -0.39 is 0 Å². The Kier molecular flexibility index (Phi) is 74.5. The third-order valence-electron chi connectivity index (χ3n) is 13.7. The van der Waals surface area contributed by atoms with Crippen molar-refractivity contribution in [2.75, 3.05) is 7.11 Å². The van der Waals surface area contributed by atoms with Gasteiger partial charge in [0.25, 0.3) is 5.69 Å². The summed E-state index contributed by atoms with van der Waals surface area (Å²) in [4.78, 5) is 9.90. The molecule has 0 aromatic heterocycles. The van der Waals surface area contributed by atoms with E-state index in [0.29, 0.717) is 50.7 Å². The Hall–Kier alpha value is 0.795. The summed E-state index contributed by atoms with van der Waals surface area (Å²) in [6.45, 7) is 64.3. The number of rotatable bonds is 8. The predicted octanol–water partition coefficient (Wildman–Crippen LogP) is 27.3. The molecule has 0 unspecified atom stereocenters. The topological polar surface area (TPSA) is 52.4 Å². The van der Waals surface area contributed by atoms with Gasteiger partial charge in [-0.15, -0.1) is 0 Å². The van der Waals surface area contributed by atoms with E-state index in [1.54, 1.807) is 19.2 Å². The van der Waals surface area contributed by atoms with Gasteiger partial charge in [-0.05, 0) is 123 Å². The van der Waals surface area contributed by atoms with Crippen LogP contribution in [0.15, 0.2) is 103 Å². The molecule has 2 saturated carbocycles. The van der Waals surface area contributed by atoms with E-state index in [9.17, 15) is 10.1 Å². The van der Waals surface area contributed by atoms with Crippen LogP contribution in [0.25, 0.3) is 0 Å². The number of nitro groups is 1. The molecule has 0 N–H and O–H groups in total. The maximum Gasteiger partial charge on any atom is 0.269 e. The van der Waals surface area contributed by atoms with E-state index in [2.05, 4.69) is 234 Å². The number of methoxy groups -OCH3 is 1. The van der Waals surface area contributed by atoms with Crippen molar-refractivity contribution in [1.82, 2.24) is 0 Å². The Balaban J connectivity index is -0.000000110. The molecule has 0 spiro atoms. The first-order valence-electron chi connectivity index (χ1n) is 31.8. The van der Waals surface area contributed by atoms with E-state index in [1.807, 2.05) is 50.6 Å². The predicted molar refractivity (Wildman–Crippen MR) is 378 cm³/mol. The van der Waals surface area contributed by atoms with Crippen LogP contribution in [0.3, 0.4) is 0 Å². The van der Waals surface area contributed by atoms with Crippen LogP contribution >= 0.6 is 11.6 Å². The molecular formula is C76H136ClNO3SiU4-. The van der Waals surface area contributed by atoms with E-state index >= 15 is 0 Å². The molecule has 0 bridgehead atoms. The number of non-ortho nitro benzene ring substituents is 1. The number of nitrogens with zero attached hydrogens (tertiary/aromatic N) is 1. The van der Waals surface area contributed by atoms with Crippen molar-refractivity contribution in [1.29, 1.82) is 0 Å². The molecule has 4 aromatic rings. The molecular weight excluding hydrogens is 1990 g/mol. The molecule has 0 atom stereocenters. The van der Waals surface area contributed by atoms with Gasteiger partial charge in [-0.2, -0.15) is 13.8 Å². The van der Waals surface area contributed by atoms with Crippen LogP contribution in [0.1, 0.15) is 303 Å². The van der Waals surface area contributed by atoms with E-state index in [-0.39, 0.29) is 144 Å². The molecule has 2 aliphatic rings. The minimum absolute atomic E-state index is 0. The number of hydrogen-bond donors (Lipinski definition) is 0. The molecule has 0 saturated heterocycles. The second kappa shape index (κ2) is 60.7. The van der Waals surface area contributed by atoms with Crippen LogP contribution in [0.5, 0.6) is 5.75 Å². The first kappa shape index (κ1) is 106. The van der Waals surface area contributed by atoms with Crippen LogP contribution in [0, 0.1) is 168 Å². The number of benzene rings is 4. The maximum atomic E-state index is 10.3.